The van der Waals surface area contributed by atoms with Gasteiger partial charge >= 0.3 is 6.03 Å². The largest absolute Gasteiger partial charge is 0.457 e. The molecule has 1 heterocycles. The number of nitrogens with zero attached hydrogens (tertiary/aromatic N) is 2. The molecule has 0 radical (unpaired) electrons. The van der Waals surface area contributed by atoms with E-state index < -0.39 is 0 Å². The summed E-state index contributed by atoms with van der Waals surface area (Å²) in [5.41, 5.74) is 0.918. The van der Waals surface area contributed by atoms with Crippen molar-refractivity contribution in [2.75, 3.05) is 39.3 Å². The second-order valence-electron chi connectivity index (χ2n) is 7.29. The van der Waals surface area contributed by atoms with Crippen molar-refractivity contribution >= 4 is 11.9 Å². The number of hydrogen-bond donors (Lipinski definition) is 2. The summed E-state index contributed by atoms with van der Waals surface area (Å²) < 4.78 is 5.96. The lowest BCUT2D eigenvalue weighted by Crippen LogP contribution is -2.53. The van der Waals surface area contributed by atoms with Crippen LogP contribution in [0.25, 0.3) is 0 Å². The quantitative estimate of drug-likeness (QED) is 0.702. The monoisotopic (exact) mass is 410 g/mol. The van der Waals surface area contributed by atoms with Crippen LogP contribution in [0.15, 0.2) is 54.6 Å². The highest BCUT2D eigenvalue weighted by molar-refractivity contribution is 5.78. The van der Waals surface area contributed by atoms with E-state index in [9.17, 15) is 9.59 Å². The molecule has 0 atom stereocenters. The normalized spacial score (nSPS) is 14.2. The van der Waals surface area contributed by atoms with Gasteiger partial charge in [0.05, 0.1) is 6.54 Å². The van der Waals surface area contributed by atoms with Gasteiger partial charge in [0.15, 0.2) is 0 Å². The molecule has 160 valence electrons. The predicted molar refractivity (Wildman–Crippen MR) is 117 cm³/mol. The van der Waals surface area contributed by atoms with Crippen molar-refractivity contribution in [1.29, 1.82) is 0 Å². The number of hydrogen-bond acceptors (Lipinski definition) is 4. The zero-order valence-electron chi connectivity index (χ0n) is 17.5. The first-order chi connectivity index (χ1) is 14.7. The molecule has 3 rings (SSSR count). The number of carbonyl (C=O) groups is 2. The summed E-state index contributed by atoms with van der Waals surface area (Å²) in [6.45, 7) is 6.12. The maximum atomic E-state index is 12.6. The van der Waals surface area contributed by atoms with E-state index in [1.807, 2.05) is 61.5 Å². The summed E-state index contributed by atoms with van der Waals surface area (Å²) in [7, 11) is 0. The molecule has 0 aromatic heterocycles. The number of nitrogens with one attached hydrogen (secondary N) is 2. The van der Waals surface area contributed by atoms with Gasteiger partial charge < -0.3 is 20.3 Å². The van der Waals surface area contributed by atoms with Crippen molar-refractivity contribution in [1.82, 2.24) is 20.4 Å². The van der Waals surface area contributed by atoms with E-state index in [1.165, 1.54) is 0 Å². The Bertz CT molecular complexity index is 820. The number of rotatable bonds is 8. The van der Waals surface area contributed by atoms with Gasteiger partial charge in [-0.25, -0.2) is 4.79 Å². The van der Waals surface area contributed by atoms with Crippen molar-refractivity contribution in [2.45, 2.75) is 19.9 Å². The van der Waals surface area contributed by atoms with Crippen LogP contribution in [-0.4, -0.2) is 61.0 Å². The Morgan fingerprint density at radius 3 is 2.37 bits per heavy atom. The number of para-hydroxylation sites is 2. The maximum Gasteiger partial charge on any atom is 0.317 e. The van der Waals surface area contributed by atoms with Crippen LogP contribution in [-0.2, 0) is 11.3 Å². The Hall–Kier alpha value is -3.06. The van der Waals surface area contributed by atoms with Gasteiger partial charge in [-0.2, -0.15) is 0 Å². The third kappa shape index (κ3) is 6.49. The summed E-state index contributed by atoms with van der Waals surface area (Å²) >= 11 is 0. The summed E-state index contributed by atoms with van der Waals surface area (Å²) in [6.07, 6.45) is 0.930. The molecule has 2 aromatic carbocycles. The molecule has 3 amide bonds. The van der Waals surface area contributed by atoms with Crippen molar-refractivity contribution in [2.24, 2.45) is 0 Å². The van der Waals surface area contributed by atoms with Crippen molar-refractivity contribution in [3.8, 4) is 11.5 Å². The molecule has 7 heteroatoms. The van der Waals surface area contributed by atoms with Gasteiger partial charge in [0.25, 0.3) is 0 Å². The first kappa shape index (κ1) is 21.6. The average molecular weight is 411 g/mol. The minimum atomic E-state index is -0.0976. The highest BCUT2D eigenvalue weighted by atomic mass is 16.5. The van der Waals surface area contributed by atoms with E-state index in [-0.39, 0.29) is 11.9 Å². The molecule has 1 aliphatic rings. The Balaban J connectivity index is 1.46. The van der Waals surface area contributed by atoms with Gasteiger partial charge in [-0.05, 0) is 24.6 Å². The number of amides is 3. The fraction of sp³-hybridized carbons (Fsp3) is 0.391. The SMILES string of the molecule is CCCNC(=O)CN1CCN(C(=O)NCc2ccccc2Oc2ccccc2)CC1. The van der Waals surface area contributed by atoms with E-state index in [4.69, 9.17) is 4.74 Å². The zero-order chi connectivity index (χ0) is 21.2. The third-order valence-corrected chi connectivity index (χ3v) is 4.97. The molecular formula is C23H30N4O3. The first-order valence-electron chi connectivity index (χ1n) is 10.5. The van der Waals surface area contributed by atoms with E-state index >= 15 is 0 Å². The van der Waals surface area contributed by atoms with Crippen LogP contribution in [0.3, 0.4) is 0 Å². The van der Waals surface area contributed by atoms with E-state index in [0.717, 1.165) is 23.5 Å². The fourth-order valence-electron chi connectivity index (χ4n) is 3.28. The highest BCUT2D eigenvalue weighted by Crippen LogP contribution is 2.24. The van der Waals surface area contributed by atoms with Gasteiger partial charge in [0.1, 0.15) is 11.5 Å². The molecule has 0 spiro atoms. The maximum absolute atomic E-state index is 12.6. The number of ether oxygens (including phenoxy) is 1. The highest BCUT2D eigenvalue weighted by Gasteiger charge is 2.22. The van der Waals surface area contributed by atoms with Crippen molar-refractivity contribution in [3.63, 3.8) is 0 Å². The van der Waals surface area contributed by atoms with Gasteiger partial charge in [0, 0.05) is 44.8 Å². The molecule has 0 aliphatic carbocycles. The lowest BCUT2D eigenvalue weighted by atomic mass is 10.2. The van der Waals surface area contributed by atoms with Crippen LogP contribution in [0.2, 0.25) is 0 Å². The van der Waals surface area contributed by atoms with Crippen molar-refractivity contribution in [3.05, 3.63) is 60.2 Å². The standard InChI is InChI=1S/C23H30N4O3/c1-2-12-24-22(28)18-26-13-15-27(16-14-26)23(29)25-17-19-8-6-7-11-21(19)30-20-9-4-3-5-10-20/h3-11H,2,12-18H2,1H3,(H,24,28)(H,25,29). The lowest BCUT2D eigenvalue weighted by molar-refractivity contribution is -0.122. The van der Waals surface area contributed by atoms with Crippen LogP contribution in [0.4, 0.5) is 4.79 Å². The summed E-state index contributed by atoms with van der Waals surface area (Å²) in [5.74, 6) is 1.53. The predicted octanol–water partition coefficient (Wildman–Crippen LogP) is 2.83. The average Bonchev–Trinajstić information content (AvgIpc) is 2.78. The number of piperazine rings is 1. The summed E-state index contributed by atoms with van der Waals surface area (Å²) in [6, 6.07) is 17.2. The van der Waals surface area contributed by atoms with Crippen LogP contribution in [0.1, 0.15) is 18.9 Å². The molecule has 0 unspecified atom stereocenters. The molecule has 1 aliphatic heterocycles. The van der Waals surface area contributed by atoms with Gasteiger partial charge in [-0.1, -0.05) is 43.3 Å². The lowest BCUT2D eigenvalue weighted by Gasteiger charge is -2.34. The van der Waals surface area contributed by atoms with Gasteiger partial charge in [-0.3, -0.25) is 9.69 Å². The molecule has 0 bridgehead atoms. The molecule has 7 nitrogen and oxygen atoms in total. The van der Waals surface area contributed by atoms with Crippen LogP contribution in [0.5, 0.6) is 11.5 Å². The first-order valence-corrected chi connectivity index (χ1v) is 10.5. The molecular weight excluding hydrogens is 380 g/mol. The van der Waals surface area contributed by atoms with Gasteiger partial charge in [0.2, 0.25) is 5.91 Å². The van der Waals surface area contributed by atoms with E-state index in [2.05, 4.69) is 15.5 Å². The van der Waals surface area contributed by atoms with E-state index in [1.54, 1.807) is 4.90 Å². The molecule has 2 N–H and O–H groups in total. The molecule has 1 saturated heterocycles. The summed E-state index contributed by atoms with van der Waals surface area (Å²) in [5, 5.41) is 5.88. The van der Waals surface area contributed by atoms with Gasteiger partial charge in [-0.15, -0.1) is 0 Å². The van der Waals surface area contributed by atoms with Crippen LogP contribution >= 0.6 is 0 Å². The fourth-order valence-corrected chi connectivity index (χ4v) is 3.28. The summed E-state index contributed by atoms with van der Waals surface area (Å²) in [4.78, 5) is 28.3. The third-order valence-electron chi connectivity index (χ3n) is 4.97. The van der Waals surface area contributed by atoms with E-state index in [0.29, 0.717) is 45.8 Å². The van der Waals surface area contributed by atoms with Crippen molar-refractivity contribution < 1.29 is 14.3 Å². The Kier molecular flexibility index (Phi) is 8.09. The topological polar surface area (TPSA) is 73.9 Å². The Morgan fingerprint density at radius 1 is 0.933 bits per heavy atom. The zero-order valence-corrected chi connectivity index (χ0v) is 17.5. The number of urea groups is 1. The molecule has 0 saturated carbocycles. The Labute approximate surface area is 178 Å². The van der Waals surface area contributed by atoms with Crippen LogP contribution in [0, 0.1) is 0 Å². The minimum Gasteiger partial charge on any atom is -0.457 e. The van der Waals surface area contributed by atoms with Crippen LogP contribution < -0.4 is 15.4 Å². The number of carbonyl (C=O) groups excluding carboxylic acids is 2. The molecule has 2 aromatic rings. The second kappa shape index (κ2) is 11.2. The second-order valence-corrected chi connectivity index (χ2v) is 7.29. The molecule has 30 heavy (non-hydrogen) atoms. The number of benzene rings is 2. The minimum absolute atomic E-state index is 0.0461. The Morgan fingerprint density at radius 2 is 1.63 bits per heavy atom. The smallest absolute Gasteiger partial charge is 0.317 e. The molecule has 1 fully saturated rings.